The number of carbonyl (C=O) groups is 1. The first-order valence-electron chi connectivity index (χ1n) is 8.50. The lowest BCUT2D eigenvalue weighted by molar-refractivity contribution is -0.138. The van der Waals surface area contributed by atoms with Crippen LogP contribution in [-0.4, -0.2) is 18.5 Å². The summed E-state index contributed by atoms with van der Waals surface area (Å²) in [5.41, 5.74) is 2.71. The quantitative estimate of drug-likeness (QED) is 0.207. The Labute approximate surface area is 156 Å². The normalized spacial score (nSPS) is 12.3. The van der Waals surface area contributed by atoms with Crippen molar-refractivity contribution in [2.75, 3.05) is 12.5 Å². The topological polar surface area (TPSA) is 39.4 Å². The molecule has 0 spiro atoms. The van der Waals surface area contributed by atoms with E-state index in [1.54, 1.807) is 19.9 Å². The number of ether oxygens (including phenoxy) is 1. The van der Waals surface area contributed by atoms with E-state index in [9.17, 15) is 4.79 Å². The maximum Gasteiger partial charge on any atom is 0.333 e. The maximum absolute atomic E-state index is 11.7. The molecular formula is C21H27ClO3. The molecular weight excluding hydrogens is 336 g/mol. The first kappa shape index (κ1) is 21.1. The summed E-state index contributed by atoms with van der Waals surface area (Å²) in [5.74, 6) is 7.87. The predicted octanol–water partition coefficient (Wildman–Crippen LogP) is 5.31. The Morgan fingerprint density at radius 1 is 1.44 bits per heavy atom. The molecule has 0 fully saturated rings. The third kappa shape index (κ3) is 7.23. The van der Waals surface area contributed by atoms with Gasteiger partial charge in [-0.25, -0.2) is 4.79 Å². The van der Waals surface area contributed by atoms with Gasteiger partial charge < -0.3 is 9.15 Å². The van der Waals surface area contributed by atoms with Crippen LogP contribution in [-0.2, 0) is 16.0 Å². The molecule has 1 atom stereocenters. The molecule has 25 heavy (non-hydrogen) atoms. The van der Waals surface area contributed by atoms with Crippen molar-refractivity contribution in [1.82, 2.24) is 0 Å². The largest absolute Gasteiger partial charge is 0.463 e. The Kier molecular flexibility index (Phi) is 9.16. The smallest absolute Gasteiger partial charge is 0.333 e. The van der Waals surface area contributed by atoms with Gasteiger partial charge in [0.2, 0.25) is 0 Å². The van der Waals surface area contributed by atoms with E-state index in [1.807, 2.05) is 19.9 Å². The molecule has 1 rings (SSSR count). The van der Waals surface area contributed by atoms with Gasteiger partial charge in [-0.1, -0.05) is 18.1 Å². The minimum Gasteiger partial charge on any atom is -0.463 e. The van der Waals surface area contributed by atoms with Gasteiger partial charge >= 0.3 is 5.97 Å². The first-order valence-corrected chi connectivity index (χ1v) is 9.04. The van der Waals surface area contributed by atoms with Gasteiger partial charge in [-0.05, 0) is 57.7 Å². The van der Waals surface area contributed by atoms with Crippen LogP contribution in [0.4, 0.5) is 0 Å². The van der Waals surface area contributed by atoms with Gasteiger partial charge in [-0.15, -0.1) is 17.5 Å². The number of carbonyl (C=O) groups excluding carboxylic acids is 1. The molecule has 0 unspecified atom stereocenters. The van der Waals surface area contributed by atoms with Gasteiger partial charge in [-0.2, -0.15) is 0 Å². The molecule has 0 aliphatic carbocycles. The summed E-state index contributed by atoms with van der Waals surface area (Å²) in [5, 5.41) is 0. The number of hydrogen-bond donors (Lipinski definition) is 0. The van der Waals surface area contributed by atoms with Crippen molar-refractivity contribution in [1.29, 1.82) is 0 Å². The van der Waals surface area contributed by atoms with Crippen molar-refractivity contribution in [2.24, 2.45) is 5.92 Å². The Balaban J connectivity index is 2.84. The molecule has 0 bridgehead atoms. The lowest BCUT2D eigenvalue weighted by atomic mass is 9.91. The van der Waals surface area contributed by atoms with E-state index in [0.717, 1.165) is 36.2 Å². The summed E-state index contributed by atoms with van der Waals surface area (Å²) in [7, 11) is 0. The monoisotopic (exact) mass is 362 g/mol. The van der Waals surface area contributed by atoms with Crippen molar-refractivity contribution >= 4 is 23.6 Å². The third-order valence-electron chi connectivity index (χ3n) is 3.93. The zero-order chi connectivity index (χ0) is 18.8. The Hall–Kier alpha value is -1.92. The maximum atomic E-state index is 11.7. The van der Waals surface area contributed by atoms with Gasteiger partial charge in [0.05, 0.1) is 12.5 Å². The molecule has 1 heterocycles. The standard InChI is InChI=1S/C21H27ClO3/c1-6-24-21(23)17(5)13-19-12-16(4)20(25-19)14-18(15(2)3)10-8-7-9-11-22/h12-13,18H,2,6,8,10-11,14H2,1,3-5H3/b17-13-/t18-/m0/s1. The highest BCUT2D eigenvalue weighted by atomic mass is 35.5. The highest BCUT2D eigenvalue weighted by molar-refractivity contribution is 6.19. The summed E-state index contributed by atoms with van der Waals surface area (Å²) in [6.07, 6.45) is 4.21. The molecule has 0 amide bonds. The van der Waals surface area contributed by atoms with Gasteiger partial charge in [0, 0.05) is 18.4 Å². The molecule has 0 saturated heterocycles. The van der Waals surface area contributed by atoms with Crippen LogP contribution in [0.2, 0.25) is 0 Å². The Morgan fingerprint density at radius 2 is 2.16 bits per heavy atom. The fourth-order valence-electron chi connectivity index (χ4n) is 2.47. The summed E-state index contributed by atoms with van der Waals surface area (Å²) in [4.78, 5) is 11.7. The summed E-state index contributed by atoms with van der Waals surface area (Å²) in [6.45, 7) is 12.0. The molecule has 0 aromatic carbocycles. The minimum atomic E-state index is -0.323. The molecule has 4 heteroatoms. The molecule has 1 aromatic heterocycles. The van der Waals surface area contributed by atoms with E-state index < -0.39 is 0 Å². The molecule has 0 saturated carbocycles. The molecule has 0 radical (unpaired) electrons. The second kappa shape index (κ2) is 10.8. The highest BCUT2D eigenvalue weighted by Crippen LogP contribution is 2.25. The molecule has 0 N–H and O–H groups in total. The highest BCUT2D eigenvalue weighted by Gasteiger charge is 2.16. The van der Waals surface area contributed by atoms with E-state index in [0.29, 0.717) is 29.7 Å². The third-order valence-corrected chi connectivity index (χ3v) is 4.07. The van der Waals surface area contributed by atoms with Gasteiger partial charge in [0.15, 0.2) is 0 Å². The van der Waals surface area contributed by atoms with Crippen LogP contribution in [0.3, 0.4) is 0 Å². The Bertz CT molecular complexity index is 686. The number of esters is 1. The van der Waals surface area contributed by atoms with Crippen LogP contribution >= 0.6 is 11.6 Å². The Morgan fingerprint density at radius 3 is 2.76 bits per heavy atom. The van der Waals surface area contributed by atoms with Gasteiger partial charge in [0.1, 0.15) is 11.5 Å². The molecule has 3 nitrogen and oxygen atoms in total. The van der Waals surface area contributed by atoms with E-state index in [1.165, 1.54) is 0 Å². The number of rotatable bonds is 8. The van der Waals surface area contributed by atoms with E-state index >= 15 is 0 Å². The fourth-order valence-corrected chi connectivity index (χ4v) is 2.56. The molecule has 0 aliphatic heterocycles. The summed E-state index contributed by atoms with van der Waals surface area (Å²) >= 11 is 5.57. The van der Waals surface area contributed by atoms with Crippen LogP contribution in [0.15, 0.2) is 28.2 Å². The number of furan rings is 1. The molecule has 136 valence electrons. The van der Waals surface area contributed by atoms with E-state index in [4.69, 9.17) is 20.8 Å². The van der Waals surface area contributed by atoms with Crippen molar-refractivity contribution in [3.05, 3.63) is 40.9 Å². The first-order chi connectivity index (χ1) is 11.9. The zero-order valence-electron chi connectivity index (χ0n) is 15.6. The lowest BCUT2D eigenvalue weighted by Gasteiger charge is -2.14. The van der Waals surface area contributed by atoms with Crippen LogP contribution in [0.5, 0.6) is 0 Å². The number of aryl methyl sites for hydroxylation is 1. The van der Waals surface area contributed by atoms with Crippen LogP contribution in [0.25, 0.3) is 6.08 Å². The van der Waals surface area contributed by atoms with Gasteiger partial charge in [-0.3, -0.25) is 0 Å². The number of allylic oxidation sites excluding steroid dienone is 1. The van der Waals surface area contributed by atoms with Crippen LogP contribution in [0.1, 0.15) is 50.7 Å². The van der Waals surface area contributed by atoms with Crippen molar-refractivity contribution in [3.8, 4) is 11.8 Å². The number of alkyl halides is 1. The van der Waals surface area contributed by atoms with Crippen molar-refractivity contribution < 1.29 is 13.9 Å². The molecule has 0 aliphatic rings. The molecule has 1 aromatic rings. The lowest BCUT2D eigenvalue weighted by Crippen LogP contribution is -2.06. The van der Waals surface area contributed by atoms with Crippen LogP contribution in [0, 0.1) is 24.7 Å². The van der Waals surface area contributed by atoms with Crippen LogP contribution < -0.4 is 0 Å². The van der Waals surface area contributed by atoms with Gasteiger partial charge in [0.25, 0.3) is 0 Å². The zero-order valence-corrected chi connectivity index (χ0v) is 16.3. The second-order valence-electron chi connectivity index (χ2n) is 6.08. The average molecular weight is 363 g/mol. The van der Waals surface area contributed by atoms with Crippen molar-refractivity contribution in [2.45, 2.75) is 47.0 Å². The predicted molar refractivity (Wildman–Crippen MR) is 103 cm³/mol. The SMILES string of the molecule is C=C(C)[C@@H](CCC#CCCl)Cc1oc(/C=C(/C)C(=O)OCC)cc1C. The number of halogens is 1. The van der Waals surface area contributed by atoms with E-state index in [-0.39, 0.29) is 5.97 Å². The minimum absolute atomic E-state index is 0.303. The summed E-state index contributed by atoms with van der Waals surface area (Å²) < 4.78 is 10.9. The summed E-state index contributed by atoms with van der Waals surface area (Å²) in [6, 6.07) is 1.95. The fraction of sp³-hybridized carbons (Fsp3) is 0.476. The van der Waals surface area contributed by atoms with E-state index in [2.05, 4.69) is 18.4 Å². The second-order valence-corrected chi connectivity index (χ2v) is 6.34. The average Bonchev–Trinajstić information content (AvgIpc) is 2.89. The number of hydrogen-bond acceptors (Lipinski definition) is 3. The van der Waals surface area contributed by atoms with Crippen molar-refractivity contribution in [3.63, 3.8) is 0 Å².